The molecule has 1 rings (SSSR count). The Balaban J connectivity index is 2.65. The Labute approximate surface area is 141 Å². The zero-order valence-corrected chi connectivity index (χ0v) is 14.6. The van der Waals surface area contributed by atoms with Crippen molar-refractivity contribution in [3.63, 3.8) is 0 Å². The molecule has 0 radical (unpaired) electrons. The van der Waals surface area contributed by atoms with E-state index in [1.807, 2.05) is 6.92 Å². The van der Waals surface area contributed by atoms with Crippen molar-refractivity contribution in [3.05, 3.63) is 0 Å². The summed E-state index contributed by atoms with van der Waals surface area (Å²) in [5.74, 6) is -1.19. The fourth-order valence-electron chi connectivity index (χ4n) is 2.37. The van der Waals surface area contributed by atoms with Gasteiger partial charge < -0.3 is 14.6 Å². The summed E-state index contributed by atoms with van der Waals surface area (Å²) in [5.41, 5.74) is 0. The minimum absolute atomic E-state index is 0.00585. The molecule has 1 aliphatic rings. The van der Waals surface area contributed by atoms with Gasteiger partial charge in [-0.2, -0.15) is 0 Å². The van der Waals surface area contributed by atoms with Crippen LogP contribution < -0.4 is 0 Å². The van der Waals surface area contributed by atoms with Gasteiger partial charge in [0.15, 0.2) is 6.10 Å². The molecule has 3 atom stereocenters. The van der Waals surface area contributed by atoms with Gasteiger partial charge >= 0.3 is 11.9 Å². The van der Waals surface area contributed by atoms with Gasteiger partial charge in [0.2, 0.25) is 0 Å². The second-order valence-corrected chi connectivity index (χ2v) is 7.04. The highest BCUT2D eigenvalue weighted by molar-refractivity contribution is 8.00. The molecular weight excluding hydrogens is 320 g/mol. The van der Waals surface area contributed by atoms with Gasteiger partial charge in [0.1, 0.15) is 11.0 Å². The number of hydrogen-bond donors (Lipinski definition) is 1. The summed E-state index contributed by atoms with van der Waals surface area (Å²) in [6, 6.07) is 0. The molecule has 7 heteroatoms. The second kappa shape index (κ2) is 10.6. The summed E-state index contributed by atoms with van der Waals surface area (Å²) >= 11 is 1.07. The zero-order chi connectivity index (χ0) is 17.2. The lowest BCUT2D eigenvalue weighted by atomic mass is 10.0. The molecule has 0 aromatic carbocycles. The number of Topliss-reactive ketones (excluding diaryl/α,β-unsaturated/α-hetero) is 1. The number of thioether (sulfide) groups is 1. The molecule has 0 aliphatic carbocycles. The number of aliphatic hydroxyl groups excluding tert-OH is 1. The molecule has 0 bridgehead atoms. The number of cyclic esters (lactones) is 1. The number of ketones is 1. The van der Waals surface area contributed by atoms with Crippen LogP contribution in [0, 0.1) is 0 Å². The van der Waals surface area contributed by atoms with E-state index in [1.54, 1.807) is 0 Å². The van der Waals surface area contributed by atoms with Gasteiger partial charge in [0.05, 0.1) is 13.2 Å². The van der Waals surface area contributed by atoms with Crippen LogP contribution in [-0.2, 0) is 23.9 Å². The SMILES string of the molecule is COC(=O)C(O)CSC1CC(=O)CCCCCCC(C)OC1=O. The third-order valence-corrected chi connectivity index (χ3v) is 5.01. The molecule has 1 aliphatic heterocycles. The average Bonchev–Trinajstić information content (AvgIpc) is 2.52. The van der Waals surface area contributed by atoms with Crippen molar-refractivity contribution in [3.8, 4) is 0 Å². The number of carbonyl (C=O) groups excluding carboxylic acids is 3. The lowest BCUT2D eigenvalue weighted by Gasteiger charge is -2.20. The van der Waals surface area contributed by atoms with Gasteiger partial charge in [-0.15, -0.1) is 11.8 Å². The highest BCUT2D eigenvalue weighted by Gasteiger charge is 2.28. The predicted octanol–water partition coefficient (Wildman–Crippen LogP) is 1.87. The van der Waals surface area contributed by atoms with Gasteiger partial charge in [0.25, 0.3) is 0 Å². The number of esters is 2. The molecule has 1 heterocycles. The number of methoxy groups -OCH3 is 1. The summed E-state index contributed by atoms with van der Waals surface area (Å²) in [6.45, 7) is 1.84. The van der Waals surface area contributed by atoms with Crippen molar-refractivity contribution in [1.82, 2.24) is 0 Å². The van der Waals surface area contributed by atoms with Crippen molar-refractivity contribution < 1.29 is 29.0 Å². The van der Waals surface area contributed by atoms with Crippen molar-refractivity contribution in [1.29, 1.82) is 0 Å². The Kier molecular flexibility index (Phi) is 9.24. The molecule has 0 saturated carbocycles. The number of aliphatic hydroxyl groups is 1. The highest BCUT2D eigenvalue weighted by atomic mass is 32.2. The molecule has 1 fully saturated rings. The van der Waals surface area contributed by atoms with Crippen molar-refractivity contribution in [2.24, 2.45) is 0 Å². The molecule has 3 unspecified atom stereocenters. The Morgan fingerprint density at radius 2 is 2.04 bits per heavy atom. The maximum absolute atomic E-state index is 12.2. The molecule has 0 aromatic rings. The van der Waals surface area contributed by atoms with Gasteiger partial charge in [-0.1, -0.05) is 12.8 Å². The molecule has 132 valence electrons. The largest absolute Gasteiger partial charge is 0.467 e. The number of carbonyl (C=O) groups is 3. The lowest BCUT2D eigenvalue weighted by Crippen LogP contribution is -2.31. The lowest BCUT2D eigenvalue weighted by molar-refractivity contribution is -0.150. The summed E-state index contributed by atoms with van der Waals surface area (Å²) < 4.78 is 9.84. The van der Waals surface area contributed by atoms with Crippen LogP contribution in [0.5, 0.6) is 0 Å². The van der Waals surface area contributed by atoms with Gasteiger partial charge in [0, 0.05) is 18.6 Å². The van der Waals surface area contributed by atoms with E-state index in [4.69, 9.17) is 4.74 Å². The number of hydrogen-bond acceptors (Lipinski definition) is 7. The standard InChI is InChI=1S/C16H26O6S/c1-11-7-5-3-4-6-8-12(17)9-14(16(20)22-11)23-10-13(18)15(19)21-2/h11,13-14,18H,3-10H2,1-2H3. The summed E-state index contributed by atoms with van der Waals surface area (Å²) in [6.07, 6.45) is 3.69. The quantitative estimate of drug-likeness (QED) is 0.777. The summed E-state index contributed by atoms with van der Waals surface area (Å²) in [5, 5.41) is 8.94. The minimum Gasteiger partial charge on any atom is -0.467 e. The molecule has 23 heavy (non-hydrogen) atoms. The monoisotopic (exact) mass is 346 g/mol. The van der Waals surface area contributed by atoms with E-state index in [0.29, 0.717) is 6.42 Å². The third kappa shape index (κ3) is 7.83. The summed E-state index contributed by atoms with van der Waals surface area (Å²) in [4.78, 5) is 35.5. The average molecular weight is 346 g/mol. The zero-order valence-electron chi connectivity index (χ0n) is 13.8. The predicted molar refractivity (Wildman–Crippen MR) is 87.1 cm³/mol. The summed E-state index contributed by atoms with van der Waals surface area (Å²) in [7, 11) is 1.19. The molecular formula is C16H26O6S. The normalized spacial score (nSPS) is 25.7. The molecule has 0 amide bonds. The van der Waals surface area contributed by atoms with Gasteiger partial charge in [-0.05, 0) is 26.2 Å². The maximum Gasteiger partial charge on any atom is 0.335 e. The fourth-order valence-corrected chi connectivity index (χ4v) is 3.42. The van der Waals surface area contributed by atoms with E-state index < -0.39 is 23.3 Å². The van der Waals surface area contributed by atoms with Crippen LogP contribution in [-0.4, -0.2) is 53.1 Å². The van der Waals surface area contributed by atoms with Crippen LogP contribution in [0.1, 0.15) is 51.9 Å². The Morgan fingerprint density at radius 3 is 2.74 bits per heavy atom. The van der Waals surface area contributed by atoms with E-state index >= 15 is 0 Å². The molecule has 0 aromatic heterocycles. The van der Waals surface area contributed by atoms with Crippen LogP contribution in [0.3, 0.4) is 0 Å². The minimum atomic E-state index is -1.31. The fraction of sp³-hybridized carbons (Fsp3) is 0.812. The third-order valence-electron chi connectivity index (χ3n) is 3.74. The van der Waals surface area contributed by atoms with E-state index in [1.165, 1.54) is 7.11 Å². The first-order valence-corrected chi connectivity index (χ1v) is 9.08. The first kappa shape index (κ1) is 20.0. The Hall–Kier alpha value is -1.08. The number of ether oxygens (including phenoxy) is 2. The Bertz CT molecular complexity index is 411. The van der Waals surface area contributed by atoms with E-state index in [2.05, 4.69) is 4.74 Å². The van der Waals surface area contributed by atoms with Crippen LogP contribution in [0.2, 0.25) is 0 Å². The van der Waals surface area contributed by atoms with E-state index in [9.17, 15) is 19.5 Å². The van der Waals surface area contributed by atoms with Crippen LogP contribution >= 0.6 is 11.8 Å². The smallest absolute Gasteiger partial charge is 0.335 e. The van der Waals surface area contributed by atoms with E-state index in [0.717, 1.165) is 43.9 Å². The second-order valence-electron chi connectivity index (χ2n) is 5.80. The first-order valence-electron chi connectivity index (χ1n) is 8.03. The van der Waals surface area contributed by atoms with Crippen LogP contribution in [0.25, 0.3) is 0 Å². The topological polar surface area (TPSA) is 89.9 Å². The Morgan fingerprint density at radius 1 is 1.35 bits per heavy atom. The molecule has 1 N–H and O–H groups in total. The molecule has 0 spiro atoms. The first-order chi connectivity index (χ1) is 10.9. The van der Waals surface area contributed by atoms with Crippen LogP contribution in [0.15, 0.2) is 0 Å². The maximum atomic E-state index is 12.2. The van der Waals surface area contributed by atoms with E-state index in [-0.39, 0.29) is 24.1 Å². The highest BCUT2D eigenvalue weighted by Crippen LogP contribution is 2.22. The van der Waals surface area contributed by atoms with Gasteiger partial charge in [-0.25, -0.2) is 4.79 Å². The molecule has 1 saturated heterocycles. The van der Waals surface area contributed by atoms with Gasteiger partial charge in [-0.3, -0.25) is 9.59 Å². The van der Waals surface area contributed by atoms with Crippen LogP contribution in [0.4, 0.5) is 0 Å². The van der Waals surface area contributed by atoms with Crippen molar-refractivity contribution in [2.45, 2.75) is 69.3 Å². The van der Waals surface area contributed by atoms with Crippen molar-refractivity contribution in [2.75, 3.05) is 12.9 Å². The van der Waals surface area contributed by atoms with Crippen molar-refractivity contribution >= 4 is 29.5 Å². The molecule has 6 nitrogen and oxygen atoms in total. The number of rotatable bonds is 4.